The molecule has 0 radical (unpaired) electrons. The van der Waals surface area contributed by atoms with E-state index in [2.05, 4.69) is 19.2 Å². The lowest BCUT2D eigenvalue weighted by atomic mass is 9.75. The Morgan fingerprint density at radius 2 is 1.63 bits per heavy atom. The Hall–Kier alpha value is -2.13. The Labute approximate surface area is 175 Å². The van der Waals surface area contributed by atoms with Crippen LogP contribution in [0.4, 0.5) is 0 Å². The number of carboxylic acids is 1. The molecule has 0 saturated heterocycles. The van der Waals surface area contributed by atoms with Crippen LogP contribution in [-0.2, 0) is 4.79 Å². The fourth-order valence-corrected chi connectivity index (χ4v) is 4.81. The Bertz CT molecular complexity index is 887. The predicted molar refractivity (Wildman–Crippen MR) is 111 cm³/mol. The molecule has 9 nitrogen and oxygen atoms in total. The number of aliphatic carboxylic acids is 1. The Kier molecular flexibility index (Phi) is 6.71. The molecule has 3 rings (SSSR count). The second kappa shape index (κ2) is 8.93. The molecule has 2 saturated carbocycles. The predicted octanol–water partition coefficient (Wildman–Crippen LogP) is 2.03. The van der Waals surface area contributed by atoms with Crippen molar-refractivity contribution in [2.24, 2.45) is 5.41 Å². The SMILES string of the molecule is CC1(C)CCC(n2c(O)c(C(O)NCC(=O)O)c(=O)n(C3CCCCC3)c2=O)CC1. The highest BCUT2D eigenvalue weighted by Gasteiger charge is 2.34. The largest absolute Gasteiger partial charge is 0.494 e. The van der Waals surface area contributed by atoms with Crippen molar-refractivity contribution in [3.63, 3.8) is 0 Å². The fourth-order valence-electron chi connectivity index (χ4n) is 4.81. The zero-order valence-corrected chi connectivity index (χ0v) is 17.8. The Balaban J connectivity index is 2.10. The molecule has 0 aliphatic heterocycles. The molecule has 1 unspecified atom stereocenters. The van der Waals surface area contributed by atoms with Crippen molar-refractivity contribution >= 4 is 5.97 Å². The van der Waals surface area contributed by atoms with Crippen molar-refractivity contribution in [3.8, 4) is 5.88 Å². The van der Waals surface area contributed by atoms with Crippen molar-refractivity contribution in [2.75, 3.05) is 6.54 Å². The Morgan fingerprint density at radius 3 is 2.20 bits per heavy atom. The maximum absolute atomic E-state index is 13.4. The molecule has 2 fully saturated rings. The highest BCUT2D eigenvalue weighted by atomic mass is 16.4. The second-order valence-corrected chi connectivity index (χ2v) is 9.43. The van der Waals surface area contributed by atoms with Gasteiger partial charge in [0, 0.05) is 12.1 Å². The molecular formula is C21H33N3O6. The normalized spacial score (nSPS) is 21.4. The molecule has 1 aromatic rings. The van der Waals surface area contributed by atoms with Gasteiger partial charge in [-0.05, 0) is 43.9 Å². The van der Waals surface area contributed by atoms with Crippen molar-refractivity contribution in [1.82, 2.24) is 14.5 Å². The van der Waals surface area contributed by atoms with Crippen LogP contribution < -0.4 is 16.6 Å². The molecule has 1 heterocycles. The lowest BCUT2D eigenvalue weighted by Gasteiger charge is -2.36. The van der Waals surface area contributed by atoms with Gasteiger partial charge in [0.05, 0.1) is 6.54 Å². The van der Waals surface area contributed by atoms with Gasteiger partial charge in [0.15, 0.2) is 0 Å². The highest BCUT2D eigenvalue weighted by molar-refractivity contribution is 5.69. The minimum Gasteiger partial charge on any atom is -0.494 e. The number of rotatable bonds is 6. The zero-order valence-electron chi connectivity index (χ0n) is 17.8. The summed E-state index contributed by atoms with van der Waals surface area (Å²) in [6.45, 7) is 3.75. The van der Waals surface area contributed by atoms with E-state index >= 15 is 0 Å². The first-order valence-corrected chi connectivity index (χ1v) is 10.9. The van der Waals surface area contributed by atoms with Crippen LogP contribution in [0.2, 0.25) is 0 Å². The highest BCUT2D eigenvalue weighted by Crippen LogP contribution is 2.41. The number of aromatic nitrogens is 2. The van der Waals surface area contributed by atoms with Crippen molar-refractivity contribution in [3.05, 3.63) is 26.4 Å². The summed E-state index contributed by atoms with van der Waals surface area (Å²) in [6.07, 6.45) is 5.67. The van der Waals surface area contributed by atoms with E-state index in [-0.39, 0.29) is 23.1 Å². The number of nitrogens with one attached hydrogen (secondary N) is 1. The summed E-state index contributed by atoms with van der Waals surface area (Å²) >= 11 is 0. The number of nitrogens with zero attached hydrogens (tertiary/aromatic N) is 2. The molecule has 0 spiro atoms. The number of carbonyl (C=O) groups is 1. The topological polar surface area (TPSA) is 134 Å². The molecule has 9 heteroatoms. The molecule has 1 aromatic heterocycles. The maximum atomic E-state index is 13.4. The van der Waals surface area contributed by atoms with Crippen LogP contribution in [0.15, 0.2) is 9.59 Å². The number of aromatic hydroxyl groups is 1. The second-order valence-electron chi connectivity index (χ2n) is 9.43. The van der Waals surface area contributed by atoms with Gasteiger partial charge in [-0.1, -0.05) is 33.1 Å². The fraction of sp³-hybridized carbons (Fsp3) is 0.762. The van der Waals surface area contributed by atoms with Crippen molar-refractivity contribution in [2.45, 2.75) is 89.9 Å². The minimum atomic E-state index is -1.68. The third-order valence-electron chi connectivity index (χ3n) is 6.66. The summed E-state index contributed by atoms with van der Waals surface area (Å²) in [4.78, 5) is 37.4. The van der Waals surface area contributed by atoms with Gasteiger partial charge in [-0.2, -0.15) is 0 Å². The van der Waals surface area contributed by atoms with Gasteiger partial charge in [-0.15, -0.1) is 0 Å². The third-order valence-corrected chi connectivity index (χ3v) is 6.66. The third kappa shape index (κ3) is 4.62. The molecule has 30 heavy (non-hydrogen) atoms. The lowest BCUT2D eigenvalue weighted by molar-refractivity contribution is -0.136. The van der Waals surface area contributed by atoms with Crippen LogP contribution in [-0.4, -0.2) is 37.0 Å². The molecule has 4 N–H and O–H groups in total. The number of aliphatic hydroxyl groups excluding tert-OH is 1. The molecule has 168 valence electrons. The van der Waals surface area contributed by atoms with Gasteiger partial charge in [0.1, 0.15) is 11.8 Å². The number of aliphatic hydroxyl groups is 1. The van der Waals surface area contributed by atoms with E-state index in [1.54, 1.807) is 0 Å². The van der Waals surface area contributed by atoms with Gasteiger partial charge in [-0.3, -0.25) is 24.0 Å². The van der Waals surface area contributed by atoms with E-state index in [1.165, 1.54) is 9.13 Å². The minimum absolute atomic E-state index is 0.152. The van der Waals surface area contributed by atoms with Gasteiger partial charge >= 0.3 is 11.7 Å². The van der Waals surface area contributed by atoms with Crippen molar-refractivity contribution in [1.29, 1.82) is 0 Å². The van der Waals surface area contributed by atoms with E-state index in [0.717, 1.165) is 32.1 Å². The first-order chi connectivity index (χ1) is 14.1. The quantitative estimate of drug-likeness (QED) is 0.514. The van der Waals surface area contributed by atoms with Gasteiger partial charge in [-0.25, -0.2) is 4.79 Å². The number of hydrogen-bond acceptors (Lipinski definition) is 6. The lowest BCUT2D eigenvalue weighted by Crippen LogP contribution is -2.47. The molecule has 0 amide bonds. The molecule has 1 atom stereocenters. The van der Waals surface area contributed by atoms with Crippen LogP contribution in [0.25, 0.3) is 0 Å². The summed E-state index contributed by atoms with van der Waals surface area (Å²) in [6, 6.07) is -0.553. The standard InChI is InChI=1S/C21H33N3O6/c1-21(2)10-8-14(9-11-21)24-19(29)16(17(27)22-12-15(25)26)18(28)23(20(24)30)13-6-4-3-5-7-13/h13-14,17,22,27,29H,3-12H2,1-2H3,(H,25,26). The van der Waals surface area contributed by atoms with E-state index in [0.29, 0.717) is 25.7 Å². The first-order valence-electron chi connectivity index (χ1n) is 10.9. The van der Waals surface area contributed by atoms with Crippen LogP contribution in [0.3, 0.4) is 0 Å². The average molecular weight is 424 g/mol. The molecule has 0 bridgehead atoms. The molecule has 2 aliphatic carbocycles. The number of carboxylic acid groups (broad SMARTS) is 1. The Morgan fingerprint density at radius 1 is 1.07 bits per heavy atom. The zero-order chi connectivity index (χ0) is 22.1. The van der Waals surface area contributed by atoms with Crippen LogP contribution in [0, 0.1) is 5.41 Å². The maximum Gasteiger partial charge on any atom is 0.334 e. The smallest absolute Gasteiger partial charge is 0.334 e. The van der Waals surface area contributed by atoms with Gasteiger partial charge in [0.2, 0.25) is 5.88 Å². The van der Waals surface area contributed by atoms with Gasteiger partial charge in [0.25, 0.3) is 5.56 Å². The summed E-state index contributed by atoms with van der Waals surface area (Å²) in [7, 11) is 0. The monoisotopic (exact) mass is 423 g/mol. The van der Waals surface area contributed by atoms with E-state index in [9.17, 15) is 24.6 Å². The summed E-state index contributed by atoms with van der Waals surface area (Å²) in [5.41, 5.74) is -1.49. The van der Waals surface area contributed by atoms with Crippen LogP contribution >= 0.6 is 0 Å². The van der Waals surface area contributed by atoms with E-state index in [1.807, 2.05) is 0 Å². The van der Waals surface area contributed by atoms with Crippen LogP contribution in [0.1, 0.15) is 95.5 Å². The molecular weight excluding hydrogens is 390 g/mol. The van der Waals surface area contributed by atoms with E-state index in [4.69, 9.17) is 5.11 Å². The molecule has 2 aliphatic rings. The first kappa shape index (κ1) is 22.6. The van der Waals surface area contributed by atoms with Crippen LogP contribution in [0.5, 0.6) is 5.88 Å². The molecule has 0 aromatic carbocycles. The summed E-state index contributed by atoms with van der Waals surface area (Å²) in [5, 5.41) is 32.6. The summed E-state index contributed by atoms with van der Waals surface area (Å²) in [5.74, 6) is -1.77. The number of hydrogen-bond donors (Lipinski definition) is 4. The van der Waals surface area contributed by atoms with E-state index < -0.39 is 35.9 Å². The average Bonchev–Trinajstić information content (AvgIpc) is 2.68. The van der Waals surface area contributed by atoms with Gasteiger partial charge < -0.3 is 15.3 Å². The summed E-state index contributed by atoms with van der Waals surface area (Å²) < 4.78 is 2.44. The van der Waals surface area contributed by atoms with Crippen molar-refractivity contribution < 1.29 is 20.1 Å².